The van der Waals surface area contributed by atoms with E-state index in [0.717, 1.165) is 22.6 Å². The van der Waals surface area contributed by atoms with Gasteiger partial charge < -0.3 is 9.72 Å². The number of nitrogens with one attached hydrogen (secondary N) is 1. The van der Waals surface area contributed by atoms with Crippen molar-refractivity contribution in [2.45, 2.75) is 18.8 Å². The lowest BCUT2D eigenvalue weighted by Gasteiger charge is -2.03. The molecule has 1 heterocycles. The average Bonchev–Trinajstić information content (AvgIpc) is 3.27. The number of methoxy groups -OCH3 is 1. The van der Waals surface area contributed by atoms with Gasteiger partial charge in [0.05, 0.1) is 13.0 Å². The number of imidazole rings is 1. The Balaban J connectivity index is 1.62. The molecule has 0 radical (unpaired) electrons. The van der Waals surface area contributed by atoms with E-state index in [4.69, 9.17) is 4.74 Å². The molecule has 4 heteroatoms. The Morgan fingerprint density at radius 2 is 1.64 bits per heavy atom. The van der Waals surface area contributed by atoms with Crippen LogP contribution in [0.2, 0.25) is 0 Å². The molecule has 3 unspecified atom stereocenters. The zero-order valence-corrected chi connectivity index (χ0v) is 14.3. The van der Waals surface area contributed by atoms with Gasteiger partial charge in [-0.25, -0.2) is 4.98 Å². The summed E-state index contributed by atoms with van der Waals surface area (Å²) in [6.07, 6.45) is 1.82. The molecule has 2 aromatic carbocycles. The number of hydrogen-bond acceptors (Lipinski definition) is 3. The molecule has 1 fully saturated rings. The Morgan fingerprint density at radius 3 is 2.20 bits per heavy atom. The predicted octanol–water partition coefficient (Wildman–Crippen LogP) is 4.06. The number of benzene rings is 2. The highest BCUT2D eigenvalue weighted by atomic mass is 16.5. The van der Waals surface area contributed by atoms with Gasteiger partial charge >= 0.3 is 5.97 Å². The van der Waals surface area contributed by atoms with E-state index in [1.165, 1.54) is 12.7 Å². The summed E-state index contributed by atoms with van der Waals surface area (Å²) in [7, 11) is 1.46. The van der Waals surface area contributed by atoms with Crippen LogP contribution >= 0.6 is 0 Å². The lowest BCUT2D eigenvalue weighted by atomic mass is 10.0. The van der Waals surface area contributed by atoms with Gasteiger partial charge in [0.15, 0.2) is 0 Å². The van der Waals surface area contributed by atoms with Crippen molar-refractivity contribution >= 4 is 5.97 Å². The minimum absolute atomic E-state index is 0.107. The molecule has 0 aliphatic heterocycles. The zero-order valence-electron chi connectivity index (χ0n) is 14.3. The van der Waals surface area contributed by atoms with Crippen LogP contribution in [-0.2, 0) is 9.53 Å². The third-order valence-electron chi connectivity index (χ3n) is 4.95. The molecule has 0 spiro atoms. The highest BCUT2D eigenvalue weighted by Crippen LogP contribution is 2.60. The molecule has 25 heavy (non-hydrogen) atoms. The van der Waals surface area contributed by atoms with Gasteiger partial charge in [-0.15, -0.1) is 0 Å². The third-order valence-corrected chi connectivity index (χ3v) is 4.95. The van der Waals surface area contributed by atoms with Gasteiger partial charge in [0.1, 0.15) is 5.82 Å². The van der Waals surface area contributed by atoms with Crippen molar-refractivity contribution in [3.8, 4) is 11.4 Å². The van der Waals surface area contributed by atoms with E-state index in [9.17, 15) is 4.79 Å². The van der Waals surface area contributed by atoms with Crippen LogP contribution in [0.5, 0.6) is 0 Å². The molecule has 4 nitrogen and oxygen atoms in total. The molecule has 1 N–H and O–H groups in total. The average molecular weight is 332 g/mol. The SMILES string of the molecule is COC(=O)C1C(c2ccccc2)C1c1ccc(-c2ncc(C)[nH]2)cc1. The molecule has 0 amide bonds. The fourth-order valence-corrected chi connectivity index (χ4v) is 3.67. The topological polar surface area (TPSA) is 55.0 Å². The van der Waals surface area contributed by atoms with Crippen molar-refractivity contribution < 1.29 is 9.53 Å². The first-order valence-electron chi connectivity index (χ1n) is 8.44. The number of rotatable bonds is 4. The third kappa shape index (κ3) is 2.84. The predicted molar refractivity (Wildman–Crippen MR) is 96.2 cm³/mol. The van der Waals surface area contributed by atoms with Crippen molar-refractivity contribution in [3.05, 3.63) is 77.6 Å². The molecule has 1 saturated carbocycles. The maximum atomic E-state index is 12.2. The van der Waals surface area contributed by atoms with Crippen molar-refractivity contribution in [1.82, 2.24) is 9.97 Å². The van der Waals surface area contributed by atoms with Crippen LogP contribution in [0, 0.1) is 12.8 Å². The smallest absolute Gasteiger partial charge is 0.309 e. The van der Waals surface area contributed by atoms with Crippen LogP contribution in [0.3, 0.4) is 0 Å². The minimum Gasteiger partial charge on any atom is -0.469 e. The molecule has 4 rings (SSSR count). The van der Waals surface area contributed by atoms with Crippen LogP contribution in [0.4, 0.5) is 0 Å². The Hall–Kier alpha value is -2.88. The Labute approximate surface area is 146 Å². The van der Waals surface area contributed by atoms with Gasteiger partial charge in [-0.2, -0.15) is 0 Å². The van der Waals surface area contributed by atoms with Gasteiger partial charge in [0.25, 0.3) is 0 Å². The zero-order chi connectivity index (χ0) is 17.4. The molecule has 3 atom stereocenters. The monoisotopic (exact) mass is 332 g/mol. The summed E-state index contributed by atoms with van der Waals surface area (Å²) in [6.45, 7) is 1.99. The molecular formula is C21H20N2O2. The number of ether oxygens (including phenoxy) is 1. The van der Waals surface area contributed by atoms with Gasteiger partial charge in [-0.3, -0.25) is 4.79 Å². The summed E-state index contributed by atoms with van der Waals surface area (Å²) < 4.78 is 5.02. The summed E-state index contributed by atoms with van der Waals surface area (Å²) in [5.74, 6) is 0.977. The summed E-state index contributed by atoms with van der Waals surface area (Å²) >= 11 is 0. The number of aromatic amines is 1. The second-order valence-corrected chi connectivity index (χ2v) is 6.55. The second-order valence-electron chi connectivity index (χ2n) is 6.55. The van der Waals surface area contributed by atoms with Gasteiger partial charge in [-0.1, -0.05) is 54.6 Å². The normalized spacial score (nSPS) is 21.8. The first-order chi connectivity index (χ1) is 12.2. The van der Waals surface area contributed by atoms with Crippen LogP contribution in [-0.4, -0.2) is 23.0 Å². The molecule has 1 aliphatic carbocycles. The number of nitrogens with zero attached hydrogens (tertiary/aromatic N) is 1. The minimum atomic E-state index is -0.135. The van der Waals surface area contributed by atoms with E-state index in [1.54, 1.807) is 0 Å². The standard InChI is InChI=1S/C21H20N2O2/c1-13-12-22-20(23-13)16-10-8-15(9-11-16)18-17(19(18)21(24)25-2)14-6-4-3-5-7-14/h3-12,17-19H,1-2H3,(H,22,23). The van der Waals surface area contributed by atoms with E-state index in [2.05, 4.69) is 46.4 Å². The van der Waals surface area contributed by atoms with E-state index in [-0.39, 0.29) is 23.7 Å². The number of H-pyrrole nitrogens is 1. The molecule has 126 valence electrons. The maximum absolute atomic E-state index is 12.2. The molecule has 1 aromatic heterocycles. The van der Waals surface area contributed by atoms with E-state index in [1.807, 2.05) is 31.3 Å². The van der Waals surface area contributed by atoms with E-state index >= 15 is 0 Å². The molecule has 0 saturated heterocycles. The van der Waals surface area contributed by atoms with E-state index in [0.29, 0.717) is 0 Å². The second kappa shape index (κ2) is 6.20. The molecule has 0 bridgehead atoms. The van der Waals surface area contributed by atoms with Crippen LogP contribution < -0.4 is 0 Å². The van der Waals surface area contributed by atoms with Gasteiger partial charge in [-0.05, 0) is 18.1 Å². The maximum Gasteiger partial charge on any atom is 0.309 e. The van der Waals surface area contributed by atoms with Gasteiger partial charge in [0, 0.05) is 29.3 Å². The van der Waals surface area contributed by atoms with Gasteiger partial charge in [0.2, 0.25) is 0 Å². The number of carbonyl (C=O) groups is 1. The molecular weight excluding hydrogens is 312 g/mol. The number of aryl methyl sites for hydroxylation is 1. The first-order valence-corrected chi connectivity index (χ1v) is 8.44. The van der Waals surface area contributed by atoms with Crippen LogP contribution in [0.15, 0.2) is 60.8 Å². The summed E-state index contributed by atoms with van der Waals surface area (Å²) in [6, 6.07) is 18.5. The van der Waals surface area contributed by atoms with Crippen molar-refractivity contribution in [2.75, 3.05) is 7.11 Å². The fourth-order valence-electron chi connectivity index (χ4n) is 3.67. The van der Waals surface area contributed by atoms with Crippen molar-refractivity contribution in [2.24, 2.45) is 5.92 Å². The van der Waals surface area contributed by atoms with E-state index < -0.39 is 0 Å². The van der Waals surface area contributed by atoms with Crippen molar-refractivity contribution in [1.29, 1.82) is 0 Å². The lowest BCUT2D eigenvalue weighted by Crippen LogP contribution is -2.05. The van der Waals surface area contributed by atoms with Crippen LogP contribution in [0.1, 0.15) is 28.7 Å². The fraction of sp³-hybridized carbons (Fsp3) is 0.238. The highest BCUT2D eigenvalue weighted by Gasteiger charge is 2.56. The Bertz CT molecular complexity index is 884. The summed E-state index contributed by atoms with van der Waals surface area (Å²) in [5.41, 5.74) is 4.43. The summed E-state index contributed by atoms with van der Waals surface area (Å²) in [5, 5.41) is 0. The quantitative estimate of drug-likeness (QED) is 0.733. The highest BCUT2D eigenvalue weighted by molar-refractivity contribution is 5.80. The largest absolute Gasteiger partial charge is 0.469 e. The number of carbonyl (C=O) groups excluding carboxylic acids is 1. The van der Waals surface area contributed by atoms with Crippen LogP contribution in [0.25, 0.3) is 11.4 Å². The Morgan fingerprint density at radius 1 is 1.00 bits per heavy atom. The lowest BCUT2D eigenvalue weighted by molar-refractivity contribution is -0.142. The number of aromatic nitrogens is 2. The molecule has 1 aliphatic rings. The Kier molecular flexibility index (Phi) is 3.88. The number of esters is 1. The van der Waals surface area contributed by atoms with Crippen molar-refractivity contribution in [3.63, 3.8) is 0 Å². The summed E-state index contributed by atoms with van der Waals surface area (Å²) in [4.78, 5) is 19.8. The molecule has 3 aromatic rings. The first kappa shape index (κ1) is 15.6. The number of hydrogen-bond donors (Lipinski definition) is 1.